The van der Waals surface area contributed by atoms with Gasteiger partial charge in [0, 0.05) is 31.6 Å². The van der Waals surface area contributed by atoms with E-state index in [4.69, 9.17) is 5.73 Å². The average molecular weight is 357 g/mol. The number of rotatable bonds is 5. The number of amides is 3. The summed E-state index contributed by atoms with van der Waals surface area (Å²) in [5, 5.41) is 0. The maximum Gasteiger partial charge on any atom is 0.248 e. The van der Waals surface area contributed by atoms with Crippen LogP contribution < -0.4 is 5.73 Å². The molecule has 1 atom stereocenters. The summed E-state index contributed by atoms with van der Waals surface area (Å²) in [6.45, 7) is 2.35. The second-order valence-electron chi connectivity index (χ2n) is 7.39. The first-order valence-electron chi connectivity index (χ1n) is 9.47. The zero-order chi connectivity index (χ0) is 18.5. The van der Waals surface area contributed by atoms with Gasteiger partial charge in [-0.1, -0.05) is 18.6 Å². The minimum Gasteiger partial charge on any atom is -0.366 e. The van der Waals surface area contributed by atoms with E-state index in [0.717, 1.165) is 44.2 Å². The number of benzene rings is 1. The van der Waals surface area contributed by atoms with Gasteiger partial charge in [-0.05, 0) is 49.3 Å². The third-order valence-electron chi connectivity index (χ3n) is 5.37. The Kier molecular flexibility index (Phi) is 5.91. The molecule has 1 aromatic carbocycles. The lowest BCUT2D eigenvalue weighted by Crippen LogP contribution is -2.42. The molecule has 6 nitrogen and oxygen atoms in total. The Bertz CT molecular complexity index is 689. The van der Waals surface area contributed by atoms with Crippen molar-refractivity contribution in [3.05, 3.63) is 35.4 Å². The molecular weight excluding hydrogens is 330 g/mol. The molecular formula is C20H27N3O3. The lowest BCUT2D eigenvalue weighted by Gasteiger charge is -2.24. The van der Waals surface area contributed by atoms with Crippen molar-refractivity contribution in [2.45, 2.75) is 38.5 Å². The molecule has 0 bridgehead atoms. The molecule has 0 aromatic heterocycles. The number of hydrogen-bond donors (Lipinski definition) is 1. The van der Waals surface area contributed by atoms with E-state index in [1.54, 1.807) is 11.0 Å². The van der Waals surface area contributed by atoms with Gasteiger partial charge in [0.1, 0.15) is 0 Å². The van der Waals surface area contributed by atoms with E-state index in [1.807, 2.05) is 23.1 Å². The number of likely N-dealkylation sites (tertiary alicyclic amines) is 2. The molecule has 2 heterocycles. The van der Waals surface area contributed by atoms with E-state index in [9.17, 15) is 14.4 Å². The van der Waals surface area contributed by atoms with Crippen LogP contribution in [0.2, 0.25) is 0 Å². The Balaban J connectivity index is 1.53. The molecule has 1 aromatic rings. The Morgan fingerprint density at radius 3 is 2.81 bits per heavy atom. The highest BCUT2D eigenvalue weighted by molar-refractivity contribution is 5.92. The van der Waals surface area contributed by atoms with Gasteiger partial charge in [0.25, 0.3) is 0 Å². The summed E-state index contributed by atoms with van der Waals surface area (Å²) >= 11 is 0. The van der Waals surface area contributed by atoms with Crippen LogP contribution >= 0.6 is 0 Å². The van der Waals surface area contributed by atoms with Gasteiger partial charge in [-0.15, -0.1) is 0 Å². The Hall–Kier alpha value is -2.37. The summed E-state index contributed by atoms with van der Waals surface area (Å²) in [6, 6.07) is 7.39. The molecule has 3 amide bonds. The van der Waals surface area contributed by atoms with Crippen LogP contribution in [-0.4, -0.2) is 53.7 Å². The molecule has 0 radical (unpaired) electrons. The predicted octanol–water partition coefficient (Wildman–Crippen LogP) is 1.58. The highest BCUT2D eigenvalue weighted by Crippen LogP contribution is 2.22. The van der Waals surface area contributed by atoms with Crippen molar-refractivity contribution in [1.29, 1.82) is 0 Å². The molecule has 6 heteroatoms. The van der Waals surface area contributed by atoms with Crippen molar-refractivity contribution in [1.82, 2.24) is 9.80 Å². The van der Waals surface area contributed by atoms with E-state index in [-0.39, 0.29) is 18.4 Å². The molecule has 26 heavy (non-hydrogen) atoms. The second-order valence-corrected chi connectivity index (χ2v) is 7.39. The smallest absolute Gasteiger partial charge is 0.248 e. The van der Waals surface area contributed by atoms with Crippen molar-refractivity contribution in [3.8, 4) is 0 Å². The van der Waals surface area contributed by atoms with Gasteiger partial charge >= 0.3 is 0 Å². The highest BCUT2D eigenvalue weighted by Gasteiger charge is 2.28. The molecule has 140 valence electrons. The lowest BCUT2D eigenvalue weighted by atomic mass is 9.97. The number of nitrogens with two attached hydrogens (primary N) is 1. The van der Waals surface area contributed by atoms with Gasteiger partial charge in [0.15, 0.2) is 0 Å². The van der Waals surface area contributed by atoms with E-state index < -0.39 is 5.91 Å². The molecule has 0 spiro atoms. The monoisotopic (exact) mass is 357 g/mol. The molecule has 2 fully saturated rings. The number of carbonyl (C=O) groups excluding carboxylic acids is 3. The molecule has 0 aliphatic carbocycles. The highest BCUT2D eigenvalue weighted by atomic mass is 16.2. The summed E-state index contributed by atoms with van der Waals surface area (Å²) in [4.78, 5) is 39.6. The summed E-state index contributed by atoms with van der Waals surface area (Å²) in [5.41, 5.74) is 6.93. The number of primary amides is 1. The van der Waals surface area contributed by atoms with E-state index in [1.165, 1.54) is 0 Å². The normalized spacial score (nSPS) is 20.9. The second kappa shape index (κ2) is 8.34. The fourth-order valence-electron chi connectivity index (χ4n) is 3.88. The van der Waals surface area contributed by atoms with Crippen LogP contribution in [-0.2, 0) is 16.0 Å². The van der Waals surface area contributed by atoms with Gasteiger partial charge < -0.3 is 15.5 Å². The van der Waals surface area contributed by atoms with Gasteiger partial charge in [0.05, 0.1) is 6.54 Å². The maximum atomic E-state index is 12.6. The maximum absolute atomic E-state index is 12.6. The van der Waals surface area contributed by atoms with E-state index >= 15 is 0 Å². The fraction of sp³-hybridized carbons (Fsp3) is 0.550. The van der Waals surface area contributed by atoms with Crippen LogP contribution in [0.25, 0.3) is 0 Å². The first kappa shape index (κ1) is 18.4. The Labute approximate surface area is 154 Å². The first-order chi connectivity index (χ1) is 12.5. The summed E-state index contributed by atoms with van der Waals surface area (Å²) < 4.78 is 0. The topological polar surface area (TPSA) is 83.7 Å². The van der Waals surface area contributed by atoms with Crippen LogP contribution in [0.4, 0.5) is 0 Å². The summed E-state index contributed by atoms with van der Waals surface area (Å²) in [7, 11) is 0. The molecule has 2 aliphatic rings. The van der Waals surface area contributed by atoms with Crippen LogP contribution in [0, 0.1) is 5.92 Å². The van der Waals surface area contributed by atoms with Gasteiger partial charge in [-0.3, -0.25) is 14.4 Å². The molecule has 1 unspecified atom stereocenters. The Morgan fingerprint density at radius 1 is 1.15 bits per heavy atom. The summed E-state index contributed by atoms with van der Waals surface area (Å²) in [6.07, 6.45) is 5.31. The number of hydrogen-bond acceptors (Lipinski definition) is 3. The fourth-order valence-corrected chi connectivity index (χ4v) is 3.88. The van der Waals surface area contributed by atoms with Gasteiger partial charge in [-0.25, -0.2) is 0 Å². The third kappa shape index (κ3) is 4.62. The van der Waals surface area contributed by atoms with Crippen molar-refractivity contribution in [2.24, 2.45) is 11.7 Å². The van der Waals surface area contributed by atoms with Crippen molar-refractivity contribution >= 4 is 17.7 Å². The molecule has 2 N–H and O–H groups in total. The van der Waals surface area contributed by atoms with Crippen LogP contribution in [0.1, 0.15) is 48.0 Å². The molecule has 3 rings (SSSR count). The zero-order valence-corrected chi connectivity index (χ0v) is 15.2. The third-order valence-corrected chi connectivity index (χ3v) is 5.37. The Morgan fingerprint density at radius 2 is 2.00 bits per heavy atom. The molecule has 2 aliphatic heterocycles. The zero-order valence-electron chi connectivity index (χ0n) is 15.2. The predicted molar refractivity (Wildman–Crippen MR) is 98.4 cm³/mol. The minimum absolute atomic E-state index is 0.0497. The number of carbonyl (C=O) groups is 3. The van der Waals surface area contributed by atoms with E-state index in [2.05, 4.69) is 0 Å². The SMILES string of the molecule is NC(=O)c1cccc(CC2CCN(C(=O)CN3CCCCCC3=O)C2)c1. The van der Waals surface area contributed by atoms with Crippen molar-refractivity contribution in [2.75, 3.05) is 26.2 Å². The molecule has 2 saturated heterocycles. The largest absolute Gasteiger partial charge is 0.366 e. The van der Waals surface area contributed by atoms with Crippen molar-refractivity contribution in [3.63, 3.8) is 0 Å². The van der Waals surface area contributed by atoms with Crippen LogP contribution in [0.3, 0.4) is 0 Å². The number of nitrogens with zero attached hydrogens (tertiary/aromatic N) is 2. The van der Waals surface area contributed by atoms with Crippen LogP contribution in [0.15, 0.2) is 24.3 Å². The standard InChI is InChI=1S/C20H27N3O3/c21-20(26)17-6-4-5-15(12-17)11-16-8-10-23(13-16)19(25)14-22-9-3-1-2-7-18(22)24/h4-6,12,16H,1-3,7-11,13-14H2,(H2,21,26). The van der Waals surface area contributed by atoms with Crippen LogP contribution in [0.5, 0.6) is 0 Å². The first-order valence-corrected chi connectivity index (χ1v) is 9.47. The lowest BCUT2D eigenvalue weighted by molar-refractivity contribution is -0.139. The summed E-state index contributed by atoms with van der Waals surface area (Å²) in [5.74, 6) is 0.114. The minimum atomic E-state index is -0.419. The van der Waals surface area contributed by atoms with E-state index in [0.29, 0.717) is 31.0 Å². The average Bonchev–Trinajstić information content (AvgIpc) is 2.99. The quantitative estimate of drug-likeness (QED) is 0.868. The van der Waals surface area contributed by atoms with Gasteiger partial charge in [-0.2, -0.15) is 0 Å². The molecule has 0 saturated carbocycles. The van der Waals surface area contributed by atoms with Gasteiger partial charge in [0.2, 0.25) is 17.7 Å². The van der Waals surface area contributed by atoms with Crippen molar-refractivity contribution < 1.29 is 14.4 Å².